The smallest absolute Gasteiger partial charge is 0.146 e. The summed E-state index contributed by atoms with van der Waals surface area (Å²) in [7, 11) is 1.97. The minimum absolute atomic E-state index is 0.283. The maximum atomic E-state index is 5.88. The predicted molar refractivity (Wildman–Crippen MR) is 91.0 cm³/mol. The van der Waals surface area contributed by atoms with Crippen molar-refractivity contribution in [3.8, 4) is 5.75 Å². The van der Waals surface area contributed by atoms with Gasteiger partial charge in [0.1, 0.15) is 18.2 Å². The Kier molecular flexibility index (Phi) is 4.68. The summed E-state index contributed by atoms with van der Waals surface area (Å²) in [5, 5.41) is 0. The zero-order valence-electron chi connectivity index (χ0n) is 14.0. The SMILES string of the molecule is Cn1ccnc1COc1ccc(CN2CCC(C)(CN)C2)cc1. The first-order chi connectivity index (χ1) is 11.1. The van der Waals surface area contributed by atoms with Gasteiger partial charge in [-0.15, -0.1) is 0 Å². The minimum Gasteiger partial charge on any atom is -0.486 e. The molecule has 5 nitrogen and oxygen atoms in total. The Balaban J connectivity index is 1.52. The fraction of sp³-hybridized carbons (Fsp3) is 0.500. The topological polar surface area (TPSA) is 56.3 Å². The summed E-state index contributed by atoms with van der Waals surface area (Å²) < 4.78 is 7.76. The molecule has 0 spiro atoms. The Bertz CT molecular complexity index is 637. The number of nitrogens with zero attached hydrogens (tertiary/aromatic N) is 3. The molecule has 124 valence electrons. The van der Waals surface area contributed by atoms with Gasteiger partial charge >= 0.3 is 0 Å². The van der Waals surface area contributed by atoms with Crippen LogP contribution in [0.2, 0.25) is 0 Å². The van der Waals surface area contributed by atoms with Crippen LogP contribution in [0.25, 0.3) is 0 Å². The lowest BCUT2D eigenvalue weighted by atomic mass is 9.90. The molecule has 3 rings (SSSR count). The molecule has 1 aliphatic rings. The Hall–Kier alpha value is -1.85. The number of aromatic nitrogens is 2. The fourth-order valence-corrected chi connectivity index (χ4v) is 3.06. The predicted octanol–water partition coefficient (Wildman–Crippen LogP) is 2.17. The van der Waals surface area contributed by atoms with Crippen molar-refractivity contribution < 1.29 is 4.74 Å². The Labute approximate surface area is 138 Å². The van der Waals surface area contributed by atoms with Crippen molar-refractivity contribution in [1.82, 2.24) is 14.5 Å². The van der Waals surface area contributed by atoms with Crippen molar-refractivity contribution in [2.24, 2.45) is 18.2 Å². The van der Waals surface area contributed by atoms with E-state index in [1.165, 1.54) is 12.0 Å². The Morgan fingerprint density at radius 2 is 2.09 bits per heavy atom. The molecule has 2 aromatic rings. The highest BCUT2D eigenvalue weighted by atomic mass is 16.5. The average molecular weight is 314 g/mol. The molecule has 23 heavy (non-hydrogen) atoms. The van der Waals surface area contributed by atoms with E-state index in [1.807, 2.05) is 29.9 Å². The van der Waals surface area contributed by atoms with Gasteiger partial charge < -0.3 is 15.0 Å². The van der Waals surface area contributed by atoms with Gasteiger partial charge in [-0.3, -0.25) is 4.90 Å². The number of imidazole rings is 1. The highest BCUT2D eigenvalue weighted by molar-refractivity contribution is 5.27. The summed E-state index contributed by atoms with van der Waals surface area (Å²) in [6.45, 7) is 6.73. The maximum Gasteiger partial charge on any atom is 0.146 e. The van der Waals surface area contributed by atoms with E-state index in [0.717, 1.165) is 37.8 Å². The molecule has 1 aromatic carbocycles. The Morgan fingerprint density at radius 3 is 2.70 bits per heavy atom. The summed E-state index contributed by atoms with van der Waals surface area (Å²) in [6.07, 6.45) is 4.90. The van der Waals surface area contributed by atoms with Crippen molar-refractivity contribution >= 4 is 0 Å². The van der Waals surface area contributed by atoms with Crippen LogP contribution in [0.1, 0.15) is 24.7 Å². The molecule has 1 fully saturated rings. The van der Waals surface area contributed by atoms with Gasteiger partial charge in [0.25, 0.3) is 0 Å². The van der Waals surface area contributed by atoms with Crippen LogP contribution in [0, 0.1) is 5.41 Å². The second-order valence-corrected chi connectivity index (χ2v) is 6.86. The molecule has 0 saturated carbocycles. The monoisotopic (exact) mass is 314 g/mol. The number of likely N-dealkylation sites (tertiary alicyclic amines) is 1. The van der Waals surface area contributed by atoms with Gasteiger partial charge in [-0.1, -0.05) is 19.1 Å². The van der Waals surface area contributed by atoms with Crippen LogP contribution in [0.4, 0.5) is 0 Å². The van der Waals surface area contributed by atoms with Crippen molar-refractivity contribution in [3.63, 3.8) is 0 Å². The molecule has 1 saturated heterocycles. The van der Waals surface area contributed by atoms with E-state index in [0.29, 0.717) is 6.61 Å². The lowest BCUT2D eigenvalue weighted by molar-refractivity contribution is 0.273. The third-order valence-corrected chi connectivity index (χ3v) is 4.75. The maximum absolute atomic E-state index is 5.88. The third kappa shape index (κ3) is 3.92. The zero-order valence-corrected chi connectivity index (χ0v) is 14.0. The second kappa shape index (κ2) is 6.72. The van der Waals surface area contributed by atoms with E-state index < -0.39 is 0 Å². The number of aryl methyl sites for hydroxylation is 1. The molecule has 5 heteroatoms. The molecule has 2 N–H and O–H groups in total. The molecule has 0 bridgehead atoms. The number of hydrogen-bond acceptors (Lipinski definition) is 4. The summed E-state index contributed by atoms with van der Waals surface area (Å²) in [4.78, 5) is 6.74. The first kappa shape index (κ1) is 16.0. The molecule has 0 amide bonds. The van der Waals surface area contributed by atoms with E-state index in [9.17, 15) is 0 Å². The van der Waals surface area contributed by atoms with Crippen LogP contribution in [0.3, 0.4) is 0 Å². The number of rotatable bonds is 6. The number of ether oxygens (including phenoxy) is 1. The molecule has 2 heterocycles. The van der Waals surface area contributed by atoms with Gasteiger partial charge in [0, 0.05) is 32.5 Å². The molecule has 1 aromatic heterocycles. The minimum atomic E-state index is 0.283. The van der Waals surface area contributed by atoms with Gasteiger partial charge in [-0.25, -0.2) is 4.98 Å². The van der Waals surface area contributed by atoms with Gasteiger partial charge in [0.2, 0.25) is 0 Å². The number of hydrogen-bond donors (Lipinski definition) is 1. The summed E-state index contributed by atoms with van der Waals surface area (Å²) >= 11 is 0. The molecular weight excluding hydrogens is 288 g/mol. The molecule has 1 aliphatic heterocycles. The lowest BCUT2D eigenvalue weighted by Crippen LogP contribution is -2.31. The zero-order chi connectivity index (χ0) is 16.3. The van der Waals surface area contributed by atoms with Crippen molar-refractivity contribution in [1.29, 1.82) is 0 Å². The molecule has 1 atom stereocenters. The normalized spacial score (nSPS) is 21.7. The Morgan fingerprint density at radius 1 is 1.30 bits per heavy atom. The van der Waals surface area contributed by atoms with E-state index in [-0.39, 0.29) is 5.41 Å². The van der Waals surface area contributed by atoms with E-state index >= 15 is 0 Å². The summed E-state index contributed by atoms with van der Waals surface area (Å²) in [5.41, 5.74) is 7.48. The summed E-state index contributed by atoms with van der Waals surface area (Å²) in [5.74, 6) is 1.80. The van der Waals surface area contributed by atoms with Crippen molar-refractivity contribution in [2.45, 2.75) is 26.5 Å². The van der Waals surface area contributed by atoms with Crippen LogP contribution in [0.15, 0.2) is 36.7 Å². The molecule has 1 unspecified atom stereocenters. The van der Waals surface area contributed by atoms with Crippen LogP contribution in [-0.2, 0) is 20.2 Å². The lowest BCUT2D eigenvalue weighted by Gasteiger charge is -2.22. The number of nitrogens with two attached hydrogens (primary N) is 1. The van der Waals surface area contributed by atoms with Crippen LogP contribution in [0.5, 0.6) is 5.75 Å². The molecule has 0 aliphatic carbocycles. The highest BCUT2D eigenvalue weighted by Crippen LogP contribution is 2.29. The first-order valence-electron chi connectivity index (χ1n) is 8.18. The fourth-order valence-electron chi connectivity index (χ4n) is 3.06. The van der Waals surface area contributed by atoms with Crippen LogP contribution in [-0.4, -0.2) is 34.1 Å². The van der Waals surface area contributed by atoms with E-state index in [4.69, 9.17) is 10.5 Å². The van der Waals surface area contributed by atoms with Gasteiger partial charge in [-0.05, 0) is 42.6 Å². The quantitative estimate of drug-likeness (QED) is 0.888. The first-order valence-corrected chi connectivity index (χ1v) is 8.18. The van der Waals surface area contributed by atoms with E-state index in [1.54, 1.807) is 6.20 Å². The van der Waals surface area contributed by atoms with Gasteiger partial charge in [-0.2, -0.15) is 0 Å². The molecular formula is C18H26N4O. The van der Waals surface area contributed by atoms with Crippen LogP contribution >= 0.6 is 0 Å². The van der Waals surface area contributed by atoms with E-state index in [2.05, 4.69) is 28.9 Å². The van der Waals surface area contributed by atoms with Crippen molar-refractivity contribution in [3.05, 3.63) is 48.0 Å². The van der Waals surface area contributed by atoms with Gasteiger partial charge in [0.15, 0.2) is 0 Å². The summed E-state index contributed by atoms with van der Waals surface area (Å²) in [6, 6.07) is 8.37. The van der Waals surface area contributed by atoms with Gasteiger partial charge in [0.05, 0.1) is 0 Å². The average Bonchev–Trinajstić information content (AvgIpc) is 3.13. The number of benzene rings is 1. The molecule has 0 radical (unpaired) electrons. The standard InChI is InChI=1S/C18H26N4O/c1-18(13-19)7-9-22(14-18)11-15-3-5-16(6-4-15)23-12-17-20-8-10-21(17)2/h3-6,8,10H,7,9,11-14,19H2,1-2H3. The largest absolute Gasteiger partial charge is 0.486 e. The van der Waals surface area contributed by atoms with Crippen LogP contribution < -0.4 is 10.5 Å². The second-order valence-electron chi connectivity index (χ2n) is 6.86. The highest BCUT2D eigenvalue weighted by Gasteiger charge is 2.32. The van der Waals surface area contributed by atoms with Crippen molar-refractivity contribution in [2.75, 3.05) is 19.6 Å². The third-order valence-electron chi connectivity index (χ3n) is 4.75.